The topological polar surface area (TPSA) is 41.5 Å². The van der Waals surface area contributed by atoms with Gasteiger partial charge < -0.3 is 15.2 Å². The lowest BCUT2D eigenvalue weighted by molar-refractivity contribution is 0.369. The summed E-state index contributed by atoms with van der Waals surface area (Å²) < 4.78 is 6.13. The standard InChI is InChI=1S/C15H15BrClNO2/c1-20-14-7-13(17)6-11(15(14)19)9-18-8-10-2-4-12(16)5-3-10/h2-7,18-19H,8-9H2,1H3. The van der Waals surface area contributed by atoms with Crippen molar-refractivity contribution in [3.05, 3.63) is 57.0 Å². The summed E-state index contributed by atoms with van der Waals surface area (Å²) in [7, 11) is 1.50. The van der Waals surface area contributed by atoms with Crippen LogP contribution in [-0.2, 0) is 13.1 Å². The summed E-state index contributed by atoms with van der Waals surface area (Å²) in [4.78, 5) is 0. The van der Waals surface area contributed by atoms with E-state index in [2.05, 4.69) is 21.2 Å². The van der Waals surface area contributed by atoms with Gasteiger partial charge in [-0.25, -0.2) is 0 Å². The molecule has 0 aliphatic heterocycles. The first-order valence-electron chi connectivity index (χ1n) is 6.10. The van der Waals surface area contributed by atoms with E-state index in [9.17, 15) is 5.11 Å². The molecule has 0 bridgehead atoms. The van der Waals surface area contributed by atoms with Crippen molar-refractivity contribution in [1.29, 1.82) is 0 Å². The number of phenols is 1. The van der Waals surface area contributed by atoms with Crippen molar-refractivity contribution in [2.75, 3.05) is 7.11 Å². The zero-order chi connectivity index (χ0) is 14.5. The van der Waals surface area contributed by atoms with Crippen molar-refractivity contribution < 1.29 is 9.84 Å². The maximum Gasteiger partial charge on any atom is 0.162 e. The second kappa shape index (κ2) is 6.97. The van der Waals surface area contributed by atoms with Crippen molar-refractivity contribution in [1.82, 2.24) is 5.32 Å². The maximum absolute atomic E-state index is 10.0. The Morgan fingerprint density at radius 1 is 1.20 bits per heavy atom. The van der Waals surface area contributed by atoms with Gasteiger partial charge in [-0.1, -0.05) is 39.7 Å². The van der Waals surface area contributed by atoms with Gasteiger partial charge in [0, 0.05) is 34.2 Å². The fraction of sp³-hybridized carbons (Fsp3) is 0.200. The third kappa shape index (κ3) is 3.88. The Morgan fingerprint density at radius 2 is 1.90 bits per heavy atom. The Balaban J connectivity index is 2.00. The number of nitrogens with one attached hydrogen (secondary N) is 1. The highest BCUT2D eigenvalue weighted by Gasteiger charge is 2.09. The van der Waals surface area contributed by atoms with Crippen LogP contribution < -0.4 is 10.1 Å². The maximum atomic E-state index is 10.0. The minimum atomic E-state index is 0.125. The summed E-state index contributed by atoms with van der Waals surface area (Å²) >= 11 is 9.39. The molecule has 0 radical (unpaired) electrons. The van der Waals surface area contributed by atoms with E-state index in [1.54, 1.807) is 12.1 Å². The molecule has 0 aliphatic carbocycles. The van der Waals surface area contributed by atoms with Gasteiger partial charge in [0.25, 0.3) is 0 Å². The van der Waals surface area contributed by atoms with E-state index in [4.69, 9.17) is 16.3 Å². The SMILES string of the molecule is COc1cc(Cl)cc(CNCc2ccc(Br)cc2)c1O. The summed E-state index contributed by atoms with van der Waals surface area (Å²) in [6, 6.07) is 11.4. The monoisotopic (exact) mass is 355 g/mol. The van der Waals surface area contributed by atoms with E-state index in [0.29, 0.717) is 29.4 Å². The van der Waals surface area contributed by atoms with Crippen LogP contribution in [-0.4, -0.2) is 12.2 Å². The van der Waals surface area contributed by atoms with Crippen molar-refractivity contribution >= 4 is 27.5 Å². The zero-order valence-corrected chi connectivity index (χ0v) is 13.3. The number of aromatic hydroxyl groups is 1. The predicted octanol–water partition coefficient (Wildman–Crippen LogP) is 4.11. The molecular formula is C15H15BrClNO2. The highest BCUT2D eigenvalue weighted by Crippen LogP contribution is 2.33. The third-order valence-corrected chi connectivity index (χ3v) is 3.64. The van der Waals surface area contributed by atoms with E-state index in [-0.39, 0.29) is 5.75 Å². The largest absolute Gasteiger partial charge is 0.504 e. The Morgan fingerprint density at radius 3 is 2.55 bits per heavy atom. The lowest BCUT2D eigenvalue weighted by Crippen LogP contribution is -2.12. The van der Waals surface area contributed by atoms with Gasteiger partial charge in [-0.2, -0.15) is 0 Å². The van der Waals surface area contributed by atoms with E-state index in [1.807, 2.05) is 24.3 Å². The van der Waals surface area contributed by atoms with Gasteiger partial charge in [-0.3, -0.25) is 0 Å². The first-order chi connectivity index (χ1) is 9.60. The van der Waals surface area contributed by atoms with Crippen molar-refractivity contribution in [2.24, 2.45) is 0 Å². The molecule has 0 saturated carbocycles. The number of hydrogen-bond donors (Lipinski definition) is 2. The van der Waals surface area contributed by atoms with Gasteiger partial charge in [0.15, 0.2) is 11.5 Å². The van der Waals surface area contributed by atoms with E-state index in [0.717, 1.165) is 4.47 Å². The number of benzene rings is 2. The first kappa shape index (κ1) is 15.2. The molecule has 0 fully saturated rings. The molecule has 20 heavy (non-hydrogen) atoms. The lowest BCUT2D eigenvalue weighted by atomic mass is 10.1. The highest BCUT2D eigenvalue weighted by molar-refractivity contribution is 9.10. The minimum absolute atomic E-state index is 0.125. The molecule has 0 unspecified atom stereocenters. The van der Waals surface area contributed by atoms with Crippen LogP contribution in [0.5, 0.6) is 11.5 Å². The van der Waals surface area contributed by atoms with Crippen LogP contribution in [0.1, 0.15) is 11.1 Å². The third-order valence-electron chi connectivity index (χ3n) is 2.90. The summed E-state index contributed by atoms with van der Waals surface area (Å²) in [6.45, 7) is 1.22. The Kier molecular flexibility index (Phi) is 5.29. The minimum Gasteiger partial charge on any atom is -0.504 e. The van der Waals surface area contributed by atoms with Crippen LogP contribution in [0, 0.1) is 0 Å². The normalized spacial score (nSPS) is 10.6. The van der Waals surface area contributed by atoms with Crippen molar-refractivity contribution in [2.45, 2.75) is 13.1 Å². The molecule has 2 aromatic rings. The van der Waals surface area contributed by atoms with Gasteiger partial charge in [0.1, 0.15) is 0 Å². The molecular weight excluding hydrogens is 342 g/mol. The lowest BCUT2D eigenvalue weighted by Gasteiger charge is -2.11. The number of ether oxygens (including phenoxy) is 1. The van der Waals surface area contributed by atoms with Crippen molar-refractivity contribution in [3.63, 3.8) is 0 Å². The van der Waals surface area contributed by atoms with Gasteiger partial charge in [0.2, 0.25) is 0 Å². The molecule has 2 rings (SSSR count). The number of hydrogen-bond acceptors (Lipinski definition) is 3. The molecule has 5 heteroatoms. The Hall–Kier alpha value is -1.23. The van der Waals surface area contributed by atoms with Crippen LogP contribution in [0.15, 0.2) is 40.9 Å². The molecule has 0 aliphatic rings. The Labute approximate surface area is 131 Å². The fourth-order valence-corrected chi connectivity index (χ4v) is 2.36. The van der Waals surface area contributed by atoms with Crippen LogP contribution >= 0.6 is 27.5 Å². The predicted molar refractivity (Wildman–Crippen MR) is 84.4 cm³/mol. The van der Waals surface area contributed by atoms with E-state index >= 15 is 0 Å². The Bertz CT molecular complexity index is 587. The molecule has 0 amide bonds. The molecule has 0 spiro atoms. The van der Waals surface area contributed by atoms with Crippen LogP contribution in [0.4, 0.5) is 0 Å². The second-order valence-corrected chi connectivity index (χ2v) is 5.70. The van der Waals surface area contributed by atoms with Crippen LogP contribution in [0.25, 0.3) is 0 Å². The highest BCUT2D eigenvalue weighted by atomic mass is 79.9. The molecule has 0 heterocycles. The fourth-order valence-electron chi connectivity index (χ4n) is 1.86. The number of phenolic OH excluding ortho intramolecular Hbond substituents is 1. The van der Waals surface area contributed by atoms with Gasteiger partial charge in [-0.15, -0.1) is 0 Å². The molecule has 0 saturated heterocycles. The number of halogens is 2. The average molecular weight is 357 g/mol. The smallest absolute Gasteiger partial charge is 0.162 e. The molecule has 106 valence electrons. The molecule has 3 nitrogen and oxygen atoms in total. The first-order valence-corrected chi connectivity index (χ1v) is 7.28. The quantitative estimate of drug-likeness (QED) is 0.847. The molecule has 2 aromatic carbocycles. The van der Waals surface area contributed by atoms with E-state index in [1.165, 1.54) is 12.7 Å². The summed E-state index contributed by atoms with van der Waals surface area (Å²) in [6.07, 6.45) is 0. The number of methoxy groups -OCH3 is 1. The summed E-state index contributed by atoms with van der Waals surface area (Å²) in [5.74, 6) is 0.512. The van der Waals surface area contributed by atoms with Gasteiger partial charge in [0.05, 0.1) is 7.11 Å². The second-order valence-electron chi connectivity index (χ2n) is 4.35. The van der Waals surface area contributed by atoms with Crippen molar-refractivity contribution in [3.8, 4) is 11.5 Å². The number of rotatable bonds is 5. The summed E-state index contributed by atoms with van der Waals surface area (Å²) in [5.41, 5.74) is 1.88. The van der Waals surface area contributed by atoms with Gasteiger partial charge >= 0.3 is 0 Å². The van der Waals surface area contributed by atoms with Crippen LogP contribution in [0.3, 0.4) is 0 Å². The summed E-state index contributed by atoms with van der Waals surface area (Å²) in [5, 5.41) is 13.8. The van der Waals surface area contributed by atoms with Gasteiger partial charge in [-0.05, 0) is 23.8 Å². The molecule has 2 N–H and O–H groups in total. The average Bonchev–Trinajstić information content (AvgIpc) is 2.44. The molecule has 0 aromatic heterocycles. The van der Waals surface area contributed by atoms with E-state index < -0.39 is 0 Å². The zero-order valence-electron chi connectivity index (χ0n) is 11.0. The van der Waals surface area contributed by atoms with Crippen LogP contribution in [0.2, 0.25) is 5.02 Å². The molecule has 0 atom stereocenters.